The number of nitrogens with zero attached hydrogens (tertiary/aromatic N) is 2. The number of fused-ring (bicyclic) bond motifs is 1. The third-order valence-corrected chi connectivity index (χ3v) is 7.09. The van der Waals surface area contributed by atoms with Crippen LogP contribution in [0.25, 0.3) is 10.9 Å². The van der Waals surface area contributed by atoms with Gasteiger partial charge in [-0.2, -0.15) is 0 Å². The highest BCUT2D eigenvalue weighted by Gasteiger charge is 2.15. The average Bonchev–Trinajstić information content (AvgIpc) is 2.93. The molecule has 38 heavy (non-hydrogen) atoms. The molecule has 4 rings (SSSR count). The number of hydrogen-bond donors (Lipinski definition) is 2. The number of anilines is 1. The summed E-state index contributed by atoms with van der Waals surface area (Å²) in [5.74, 6) is 0.223. The fraction of sp³-hybridized carbons (Fsp3) is 0.267. The Hall–Kier alpha value is -3.91. The molecule has 0 aliphatic rings. The minimum Gasteiger partial charge on any atom is -0.352 e. The molecule has 7 nitrogen and oxygen atoms in total. The van der Waals surface area contributed by atoms with E-state index in [2.05, 4.69) is 24.5 Å². The van der Waals surface area contributed by atoms with E-state index in [1.54, 1.807) is 28.8 Å². The van der Waals surface area contributed by atoms with Gasteiger partial charge in [0.05, 0.1) is 23.2 Å². The van der Waals surface area contributed by atoms with Gasteiger partial charge in [-0.15, -0.1) is 0 Å². The van der Waals surface area contributed by atoms with E-state index in [-0.39, 0.29) is 29.7 Å². The summed E-state index contributed by atoms with van der Waals surface area (Å²) in [4.78, 5) is 43.1. The zero-order valence-electron chi connectivity index (χ0n) is 21.9. The molecular weight excluding hydrogens is 496 g/mol. The van der Waals surface area contributed by atoms with Crippen molar-refractivity contribution in [3.63, 3.8) is 0 Å². The normalized spacial score (nSPS) is 11.1. The second-order valence-corrected chi connectivity index (χ2v) is 10.3. The van der Waals surface area contributed by atoms with Gasteiger partial charge in [-0.3, -0.25) is 19.0 Å². The van der Waals surface area contributed by atoms with E-state index < -0.39 is 0 Å². The molecule has 0 unspecified atom stereocenters. The Kier molecular flexibility index (Phi) is 8.97. The van der Waals surface area contributed by atoms with E-state index in [1.165, 1.54) is 17.3 Å². The maximum Gasteiger partial charge on any atom is 0.262 e. The van der Waals surface area contributed by atoms with Crippen LogP contribution in [0.2, 0.25) is 0 Å². The predicted molar refractivity (Wildman–Crippen MR) is 154 cm³/mol. The Labute approximate surface area is 226 Å². The van der Waals surface area contributed by atoms with Crippen molar-refractivity contribution in [1.82, 2.24) is 14.9 Å². The molecule has 0 saturated carbocycles. The van der Waals surface area contributed by atoms with Gasteiger partial charge in [0.15, 0.2) is 5.16 Å². The van der Waals surface area contributed by atoms with E-state index >= 15 is 0 Å². The molecule has 2 amide bonds. The lowest BCUT2D eigenvalue weighted by Gasteiger charge is -2.14. The number of amides is 2. The van der Waals surface area contributed by atoms with Crippen molar-refractivity contribution in [3.8, 4) is 0 Å². The summed E-state index contributed by atoms with van der Waals surface area (Å²) in [7, 11) is 0. The number of thioether (sulfide) groups is 1. The fourth-order valence-electron chi connectivity index (χ4n) is 3.96. The zero-order valence-corrected chi connectivity index (χ0v) is 22.7. The largest absolute Gasteiger partial charge is 0.352 e. The summed E-state index contributed by atoms with van der Waals surface area (Å²) in [6.45, 7) is 7.14. The molecule has 0 saturated heterocycles. The van der Waals surface area contributed by atoms with Gasteiger partial charge < -0.3 is 10.6 Å². The minimum atomic E-state index is -0.177. The second kappa shape index (κ2) is 12.6. The van der Waals surface area contributed by atoms with Crippen molar-refractivity contribution in [1.29, 1.82) is 0 Å². The average molecular weight is 529 g/mol. The molecular formula is C30H32N4O3S. The molecule has 0 aliphatic carbocycles. The number of hydrogen-bond acceptors (Lipinski definition) is 5. The predicted octanol–water partition coefficient (Wildman–Crippen LogP) is 5.44. The molecule has 3 aromatic carbocycles. The van der Waals surface area contributed by atoms with Crippen LogP contribution in [0.15, 0.2) is 82.7 Å². The molecule has 8 heteroatoms. The molecule has 1 heterocycles. The maximum absolute atomic E-state index is 13.4. The Morgan fingerprint density at radius 2 is 1.68 bits per heavy atom. The first-order valence-corrected chi connectivity index (χ1v) is 13.7. The number of rotatable bonds is 10. The molecule has 2 N–H and O–H groups in total. The molecule has 1 aromatic heterocycles. The number of carbonyl (C=O) groups is 2. The van der Waals surface area contributed by atoms with Gasteiger partial charge in [-0.05, 0) is 59.9 Å². The van der Waals surface area contributed by atoms with Crippen molar-refractivity contribution in [2.45, 2.75) is 44.8 Å². The first kappa shape index (κ1) is 27.1. The third-order valence-electron chi connectivity index (χ3n) is 6.11. The minimum absolute atomic E-state index is 0.104. The van der Waals surface area contributed by atoms with Crippen molar-refractivity contribution in [2.75, 3.05) is 17.6 Å². The van der Waals surface area contributed by atoms with Crippen molar-refractivity contribution >= 4 is 40.2 Å². The van der Waals surface area contributed by atoms with Gasteiger partial charge in [0.2, 0.25) is 5.91 Å². The van der Waals surface area contributed by atoms with E-state index in [0.717, 1.165) is 17.7 Å². The molecule has 0 fully saturated rings. The van der Waals surface area contributed by atoms with Crippen LogP contribution in [0.1, 0.15) is 54.6 Å². The first-order chi connectivity index (χ1) is 18.4. The lowest BCUT2D eigenvalue weighted by atomic mass is 10.0. The highest BCUT2D eigenvalue weighted by molar-refractivity contribution is 7.99. The molecule has 196 valence electrons. The van der Waals surface area contributed by atoms with Crippen molar-refractivity contribution in [3.05, 3.63) is 99.8 Å². The zero-order chi connectivity index (χ0) is 27.1. The van der Waals surface area contributed by atoms with Gasteiger partial charge in [0.1, 0.15) is 0 Å². The highest BCUT2D eigenvalue weighted by Crippen LogP contribution is 2.21. The molecule has 0 radical (unpaired) electrons. The van der Waals surface area contributed by atoms with Crippen LogP contribution in [0.4, 0.5) is 5.69 Å². The Morgan fingerprint density at radius 1 is 0.974 bits per heavy atom. The smallest absolute Gasteiger partial charge is 0.262 e. The maximum atomic E-state index is 13.4. The SMILES string of the molecule is CCCNC(=O)c1ccc(Cn2c(SCC(=O)Nc3ccc(C(C)C)cc3)nc3ccccc3c2=O)cc1. The molecule has 0 aliphatic heterocycles. The van der Waals surface area contributed by atoms with E-state index in [0.29, 0.717) is 34.1 Å². The van der Waals surface area contributed by atoms with Crippen LogP contribution in [-0.2, 0) is 11.3 Å². The summed E-state index contributed by atoms with van der Waals surface area (Å²) in [5.41, 5.74) is 3.77. The van der Waals surface area contributed by atoms with Gasteiger partial charge in [0, 0.05) is 17.8 Å². The van der Waals surface area contributed by atoms with Gasteiger partial charge >= 0.3 is 0 Å². The molecule has 0 spiro atoms. The summed E-state index contributed by atoms with van der Waals surface area (Å²) in [6.07, 6.45) is 0.866. The number of para-hydroxylation sites is 1. The summed E-state index contributed by atoms with van der Waals surface area (Å²) >= 11 is 1.22. The first-order valence-electron chi connectivity index (χ1n) is 12.7. The van der Waals surface area contributed by atoms with E-state index in [4.69, 9.17) is 4.98 Å². The van der Waals surface area contributed by atoms with Crippen LogP contribution >= 0.6 is 11.8 Å². The molecule has 0 atom stereocenters. The number of nitrogens with one attached hydrogen (secondary N) is 2. The summed E-state index contributed by atoms with van der Waals surface area (Å²) in [6, 6.07) is 22.2. The van der Waals surface area contributed by atoms with Gasteiger partial charge in [-0.1, -0.05) is 68.9 Å². The monoisotopic (exact) mass is 528 g/mol. The summed E-state index contributed by atoms with van der Waals surface area (Å²) in [5, 5.41) is 6.76. The van der Waals surface area contributed by atoms with Crippen LogP contribution in [0, 0.1) is 0 Å². The highest BCUT2D eigenvalue weighted by atomic mass is 32.2. The number of aromatic nitrogens is 2. The quantitative estimate of drug-likeness (QED) is 0.211. The van der Waals surface area contributed by atoms with Crippen LogP contribution in [0.3, 0.4) is 0 Å². The summed E-state index contributed by atoms with van der Waals surface area (Å²) < 4.78 is 1.59. The number of benzene rings is 3. The number of carbonyl (C=O) groups excluding carboxylic acids is 2. The lowest BCUT2D eigenvalue weighted by Crippen LogP contribution is -2.25. The Bertz CT molecular complexity index is 1480. The molecule has 0 bridgehead atoms. The van der Waals surface area contributed by atoms with Crippen LogP contribution < -0.4 is 16.2 Å². The fourth-order valence-corrected chi connectivity index (χ4v) is 4.76. The van der Waals surface area contributed by atoms with Crippen molar-refractivity contribution < 1.29 is 9.59 Å². The lowest BCUT2D eigenvalue weighted by molar-refractivity contribution is -0.113. The Balaban J connectivity index is 1.53. The van der Waals surface area contributed by atoms with Crippen LogP contribution in [0.5, 0.6) is 0 Å². The van der Waals surface area contributed by atoms with E-state index in [9.17, 15) is 14.4 Å². The standard InChI is InChI=1S/C30H32N4O3S/c1-4-17-31-28(36)23-11-9-21(10-12-23)18-34-29(37)25-7-5-6-8-26(25)33-30(34)38-19-27(35)32-24-15-13-22(14-16-24)20(2)3/h5-16,20H,4,17-19H2,1-3H3,(H,31,36)(H,32,35). The van der Waals surface area contributed by atoms with E-state index in [1.807, 2.05) is 55.5 Å². The van der Waals surface area contributed by atoms with Gasteiger partial charge in [0.25, 0.3) is 11.5 Å². The Morgan fingerprint density at radius 3 is 2.37 bits per heavy atom. The third kappa shape index (κ3) is 6.69. The van der Waals surface area contributed by atoms with Crippen LogP contribution in [-0.4, -0.2) is 33.7 Å². The molecule has 4 aromatic rings. The van der Waals surface area contributed by atoms with Crippen molar-refractivity contribution in [2.24, 2.45) is 0 Å². The topological polar surface area (TPSA) is 93.1 Å². The second-order valence-electron chi connectivity index (χ2n) is 9.37. The van der Waals surface area contributed by atoms with Gasteiger partial charge in [-0.25, -0.2) is 4.98 Å².